The molecule has 206 valence electrons. The van der Waals surface area contributed by atoms with Gasteiger partial charge in [0.25, 0.3) is 0 Å². The summed E-state index contributed by atoms with van der Waals surface area (Å²) in [5.74, 6) is 2.33. The van der Waals surface area contributed by atoms with Crippen LogP contribution in [0.5, 0.6) is 29.3 Å². The topological polar surface area (TPSA) is 129 Å². The SMILES string of the molecule is CC1(COc2nc(Nc3ccc(N)cc3)nc(Oc3ccc4c(c3)[nH]c3ccccc34)n2)COc2cscc2OC1. The molecule has 11 heteroatoms. The molecule has 1 aliphatic heterocycles. The van der Waals surface area contributed by atoms with Gasteiger partial charge in [0, 0.05) is 44.5 Å². The van der Waals surface area contributed by atoms with Crippen molar-refractivity contribution in [1.82, 2.24) is 19.9 Å². The van der Waals surface area contributed by atoms with Crippen molar-refractivity contribution in [1.29, 1.82) is 0 Å². The summed E-state index contributed by atoms with van der Waals surface area (Å²) < 4.78 is 24.2. The third-order valence-corrected chi connectivity index (χ3v) is 7.44. The van der Waals surface area contributed by atoms with Crippen molar-refractivity contribution in [2.45, 2.75) is 6.92 Å². The van der Waals surface area contributed by atoms with Gasteiger partial charge >= 0.3 is 12.0 Å². The van der Waals surface area contributed by atoms with Gasteiger partial charge in [-0.1, -0.05) is 18.2 Å². The van der Waals surface area contributed by atoms with Crippen molar-refractivity contribution in [2.24, 2.45) is 5.41 Å². The molecule has 7 rings (SSSR count). The first kappa shape index (κ1) is 25.0. The highest BCUT2D eigenvalue weighted by Gasteiger charge is 2.32. The molecule has 0 saturated heterocycles. The largest absolute Gasteiger partial charge is 0.488 e. The van der Waals surface area contributed by atoms with E-state index in [1.165, 1.54) is 0 Å². The maximum atomic E-state index is 6.12. The second-order valence-corrected chi connectivity index (χ2v) is 11.0. The number of fused-ring (bicyclic) bond motifs is 4. The van der Waals surface area contributed by atoms with E-state index in [-0.39, 0.29) is 24.6 Å². The number of aromatic nitrogens is 4. The zero-order valence-electron chi connectivity index (χ0n) is 22.1. The number of nitrogens with zero attached hydrogens (tertiary/aromatic N) is 3. The number of para-hydroxylation sites is 1. The van der Waals surface area contributed by atoms with Crippen molar-refractivity contribution in [2.75, 3.05) is 30.9 Å². The molecule has 0 unspecified atom stereocenters. The van der Waals surface area contributed by atoms with Crippen LogP contribution in [0, 0.1) is 5.41 Å². The van der Waals surface area contributed by atoms with Crippen LogP contribution in [0.25, 0.3) is 21.8 Å². The van der Waals surface area contributed by atoms with Crippen LogP contribution in [-0.2, 0) is 0 Å². The molecule has 6 aromatic rings. The van der Waals surface area contributed by atoms with Gasteiger partial charge in [0.15, 0.2) is 11.5 Å². The van der Waals surface area contributed by atoms with Gasteiger partial charge in [-0.2, -0.15) is 9.97 Å². The Morgan fingerprint density at radius 2 is 1.63 bits per heavy atom. The van der Waals surface area contributed by atoms with Gasteiger partial charge in [-0.05, 0) is 49.4 Å². The van der Waals surface area contributed by atoms with E-state index in [0.717, 1.165) is 39.0 Å². The van der Waals surface area contributed by atoms with E-state index in [1.807, 2.05) is 66.2 Å². The zero-order valence-corrected chi connectivity index (χ0v) is 22.9. The molecule has 10 nitrogen and oxygen atoms in total. The van der Waals surface area contributed by atoms with Crippen LogP contribution in [0.15, 0.2) is 77.5 Å². The fourth-order valence-electron chi connectivity index (χ4n) is 4.55. The maximum Gasteiger partial charge on any atom is 0.330 e. The molecular weight excluding hydrogens is 540 g/mol. The summed E-state index contributed by atoms with van der Waals surface area (Å²) in [5, 5.41) is 9.29. The molecule has 0 atom stereocenters. The number of nitrogens with one attached hydrogen (secondary N) is 2. The summed E-state index contributed by atoms with van der Waals surface area (Å²) >= 11 is 1.54. The molecule has 0 fully saturated rings. The zero-order chi connectivity index (χ0) is 27.8. The highest BCUT2D eigenvalue weighted by atomic mass is 32.1. The first-order chi connectivity index (χ1) is 20.0. The van der Waals surface area contributed by atoms with Gasteiger partial charge in [0.05, 0.1) is 10.9 Å². The number of thiophene rings is 1. The highest BCUT2D eigenvalue weighted by molar-refractivity contribution is 7.08. The predicted octanol–water partition coefficient (Wildman–Crippen LogP) is 6.54. The molecule has 0 aliphatic carbocycles. The molecule has 0 amide bonds. The van der Waals surface area contributed by atoms with Gasteiger partial charge in [0.2, 0.25) is 5.95 Å². The smallest absolute Gasteiger partial charge is 0.330 e. The van der Waals surface area contributed by atoms with Crippen molar-refractivity contribution in [3.8, 4) is 29.3 Å². The van der Waals surface area contributed by atoms with Crippen LogP contribution >= 0.6 is 11.3 Å². The average Bonchev–Trinajstić information content (AvgIpc) is 3.55. The number of nitrogen functional groups attached to an aromatic ring is 1. The predicted molar refractivity (Wildman–Crippen MR) is 159 cm³/mol. The summed E-state index contributed by atoms with van der Waals surface area (Å²) in [7, 11) is 0. The van der Waals surface area contributed by atoms with E-state index in [4.69, 9.17) is 24.7 Å². The molecule has 0 saturated carbocycles. The van der Waals surface area contributed by atoms with E-state index in [9.17, 15) is 0 Å². The molecular formula is C30H26N6O4S. The Hall–Kier alpha value is -5.03. The number of benzene rings is 3. The number of hydrogen-bond acceptors (Lipinski definition) is 10. The molecule has 4 heterocycles. The Labute approximate surface area is 239 Å². The first-order valence-electron chi connectivity index (χ1n) is 13.0. The second-order valence-electron chi connectivity index (χ2n) is 10.2. The van der Waals surface area contributed by atoms with Crippen LogP contribution in [0.1, 0.15) is 6.92 Å². The lowest BCUT2D eigenvalue weighted by atomic mass is 9.94. The van der Waals surface area contributed by atoms with Gasteiger partial charge in [0.1, 0.15) is 25.6 Å². The van der Waals surface area contributed by atoms with Crippen LogP contribution in [-0.4, -0.2) is 39.8 Å². The van der Waals surface area contributed by atoms with Crippen LogP contribution in [0.3, 0.4) is 0 Å². The highest BCUT2D eigenvalue weighted by Crippen LogP contribution is 2.37. The normalized spacial score (nSPS) is 14.1. The van der Waals surface area contributed by atoms with Gasteiger partial charge in [-0.3, -0.25) is 0 Å². The minimum Gasteiger partial charge on any atom is -0.488 e. The van der Waals surface area contributed by atoms with Crippen molar-refractivity contribution >= 4 is 50.5 Å². The van der Waals surface area contributed by atoms with Crippen LogP contribution < -0.4 is 30.0 Å². The molecule has 3 aromatic carbocycles. The molecule has 0 bridgehead atoms. The summed E-state index contributed by atoms with van der Waals surface area (Å²) in [4.78, 5) is 16.9. The number of nitrogens with two attached hydrogens (primary N) is 1. The number of H-pyrrole nitrogens is 1. The summed E-state index contributed by atoms with van der Waals surface area (Å²) in [6.45, 7) is 3.13. The Morgan fingerprint density at radius 1 is 0.902 bits per heavy atom. The molecule has 41 heavy (non-hydrogen) atoms. The van der Waals surface area contributed by atoms with Crippen molar-refractivity contribution in [3.63, 3.8) is 0 Å². The number of ether oxygens (including phenoxy) is 4. The third kappa shape index (κ3) is 5.27. The fourth-order valence-corrected chi connectivity index (χ4v) is 5.24. The van der Waals surface area contributed by atoms with Crippen LogP contribution in [0.4, 0.5) is 17.3 Å². The van der Waals surface area contributed by atoms with Gasteiger partial charge in [-0.15, -0.1) is 16.3 Å². The van der Waals surface area contributed by atoms with E-state index >= 15 is 0 Å². The van der Waals surface area contributed by atoms with Gasteiger partial charge in [-0.25, -0.2) is 0 Å². The molecule has 0 radical (unpaired) electrons. The van der Waals surface area contributed by atoms with E-state index in [2.05, 4.69) is 31.3 Å². The number of anilines is 3. The van der Waals surface area contributed by atoms with Crippen molar-refractivity contribution in [3.05, 3.63) is 77.5 Å². The quantitative estimate of drug-likeness (QED) is 0.184. The summed E-state index contributed by atoms with van der Waals surface area (Å²) in [5.41, 5.74) is 8.82. The lowest BCUT2D eigenvalue weighted by Gasteiger charge is -2.25. The third-order valence-electron chi connectivity index (χ3n) is 6.74. The van der Waals surface area contributed by atoms with E-state index in [1.54, 1.807) is 23.5 Å². The Kier molecular flexibility index (Phi) is 6.20. The minimum atomic E-state index is -0.435. The van der Waals surface area contributed by atoms with Crippen LogP contribution in [0.2, 0.25) is 0 Å². The number of aromatic amines is 1. The standard InChI is InChI=1S/C30H26N6O4S/c1-30(15-37-25-13-41-14-26(25)38-16-30)17-39-28-34-27(32-19-8-6-18(31)7-9-19)35-29(36-28)40-20-10-11-22-21-4-2-3-5-23(21)33-24(22)12-20/h2-14,33H,15-17,31H2,1H3,(H,32,34,35,36). The molecule has 0 spiro atoms. The summed E-state index contributed by atoms with van der Waals surface area (Å²) in [6, 6.07) is 21.4. The minimum absolute atomic E-state index is 0.0868. The van der Waals surface area contributed by atoms with Gasteiger partial charge < -0.3 is 35.0 Å². The molecule has 4 N–H and O–H groups in total. The number of rotatable bonds is 7. The lowest BCUT2D eigenvalue weighted by molar-refractivity contribution is 0.0608. The first-order valence-corrected chi connectivity index (χ1v) is 14.0. The molecule has 3 aromatic heterocycles. The Balaban J connectivity index is 1.15. The van der Waals surface area contributed by atoms with E-state index in [0.29, 0.717) is 24.7 Å². The average molecular weight is 567 g/mol. The van der Waals surface area contributed by atoms with Crippen molar-refractivity contribution < 1.29 is 18.9 Å². The molecule has 1 aliphatic rings. The number of hydrogen-bond donors (Lipinski definition) is 3. The fraction of sp³-hybridized carbons (Fsp3) is 0.167. The maximum absolute atomic E-state index is 6.12. The Morgan fingerprint density at radius 3 is 2.44 bits per heavy atom. The summed E-state index contributed by atoms with van der Waals surface area (Å²) in [6.07, 6.45) is 0. The lowest BCUT2D eigenvalue weighted by Crippen LogP contribution is -2.36. The monoisotopic (exact) mass is 566 g/mol. The Bertz CT molecular complexity index is 1830. The van der Waals surface area contributed by atoms with E-state index < -0.39 is 5.41 Å². The second kappa shape index (κ2) is 10.2.